The third kappa shape index (κ3) is 3.01. The molecule has 0 aliphatic rings. The number of carbonyl (C=O) groups is 1. The van der Waals surface area contributed by atoms with Crippen LogP contribution in [0.5, 0.6) is 0 Å². The van der Waals surface area contributed by atoms with Crippen LogP contribution in [0.4, 0.5) is 17.6 Å². The fraction of sp³-hybridized carbons (Fsp3) is 0.143. The maximum atomic E-state index is 13.3. The number of rotatable bonds is 2. The zero-order valence-electron chi connectivity index (χ0n) is 10.7. The van der Waals surface area contributed by atoms with Crippen molar-refractivity contribution < 1.29 is 27.1 Å². The molecule has 0 fully saturated rings. The average Bonchev–Trinajstić information content (AvgIpc) is 2.45. The SMILES string of the molecule is COC(=O)c1ncc(F)cc1-c1ccccc1C(F)(F)F. The van der Waals surface area contributed by atoms with E-state index in [1.54, 1.807) is 0 Å². The van der Waals surface area contributed by atoms with E-state index in [4.69, 9.17) is 0 Å². The van der Waals surface area contributed by atoms with Crippen molar-refractivity contribution in [2.45, 2.75) is 6.18 Å². The molecule has 0 aliphatic carbocycles. The van der Waals surface area contributed by atoms with E-state index in [0.29, 0.717) is 0 Å². The van der Waals surface area contributed by atoms with Gasteiger partial charge in [-0.05, 0) is 17.7 Å². The highest BCUT2D eigenvalue weighted by Gasteiger charge is 2.34. The third-order valence-corrected chi connectivity index (χ3v) is 2.76. The van der Waals surface area contributed by atoms with Crippen LogP contribution in [0, 0.1) is 5.82 Å². The number of aromatic nitrogens is 1. The first-order valence-electron chi connectivity index (χ1n) is 5.75. The van der Waals surface area contributed by atoms with Crippen molar-refractivity contribution >= 4 is 5.97 Å². The molecule has 1 heterocycles. The molecule has 0 saturated carbocycles. The number of hydrogen-bond donors (Lipinski definition) is 0. The fourth-order valence-corrected chi connectivity index (χ4v) is 1.87. The van der Waals surface area contributed by atoms with Crippen molar-refractivity contribution in [3.8, 4) is 11.1 Å². The van der Waals surface area contributed by atoms with E-state index < -0.39 is 23.5 Å². The van der Waals surface area contributed by atoms with Crippen LogP contribution < -0.4 is 0 Å². The molecule has 1 aromatic carbocycles. The zero-order chi connectivity index (χ0) is 15.6. The smallest absolute Gasteiger partial charge is 0.417 e. The Morgan fingerprint density at radius 2 is 1.86 bits per heavy atom. The molecule has 0 aliphatic heterocycles. The molecule has 0 bridgehead atoms. The number of pyridine rings is 1. The number of hydrogen-bond acceptors (Lipinski definition) is 3. The van der Waals surface area contributed by atoms with Gasteiger partial charge in [-0.3, -0.25) is 0 Å². The van der Waals surface area contributed by atoms with E-state index >= 15 is 0 Å². The van der Waals surface area contributed by atoms with Crippen LogP contribution in [0.2, 0.25) is 0 Å². The quantitative estimate of drug-likeness (QED) is 0.627. The minimum Gasteiger partial charge on any atom is -0.464 e. The average molecular weight is 299 g/mol. The fourth-order valence-electron chi connectivity index (χ4n) is 1.87. The number of carbonyl (C=O) groups excluding carboxylic acids is 1. The minimum atomic E-state index is -4.64. The number of methoxy groups -OCH3 is 1. The molecule has 0 atom stereocenters. The lowest BCUT2D eigenvalue weighted by Gasteiger charge is -2.14. The van der Waals surface area contributed by atoms with E-state index in [9.17, 15) is 22.4 Å². The van der Waals surface area contributed by atoms with Gasteiger partial charge in [0.05, 0.1) is 18.9 Å². The Labute approximate surface area is 117 Å². The van der Waals surface area contributed by atoms with Gasteiger partial charge < -0.3 is 4.74 Å². The van der Waals surface area contributed by atoms with Crippen LogP contribution in [-0.2, 0) is 10.9 Å². The van der Waals surface area contributed by atoms with E-state index in [-0.39, 0.29) is 16.8 Å². The van der Waals surface area contributed by atoms with Gasteiger partial charge in [0, 0.05) is 5.56 Å². The molecule has 1 aromatic heterocycles. The summed E-state index contributed by atoms with van der Waals surface area (Å²) in [6.07, 6.45) is -3.90. The van der Waals surface area contributed by atoms with Crippen molar-refractivity contribution in [3.05, 3.63) is 53.6 Å². The highest BCUT2D eigenvalue weighted by Crippen LogP contribution is 2.38. The highest BCUT2D eigenvalue weighted by atomic mass is 19.4. The molecule has 0 unspecified atom stereocenters. The van der Waals surface area contributed by atoms with Crippen LogP contribution >= 0.6 is 0 Å². The van der Waals surface area contributed by atoms with E-state index in [1.807, 2.05) is 0 Å². The number of nitrogens with zero attached hydrogens (tertiary/aromatic N) is 1. The van der Waals surface area contributed by atoms with Crippen LogP contribution in [0.3, 0.4) is 0 Å². The van der Waals surface area contributed by atoms with Gasteiger partial charge in [0.25, 0.3) is 0 Å². The van der Waals surface area contributed by atoms with Gasteiger partial charge in [0.2, 0.25) is 0 Å². The van der Waals surface area contributed by atoms with Crippen molar-refractivity contribution in [1.29, 1.82) is 0 Å². The number of ether oxygens (including phenoxy) is 1. The monoisotopic (exact) mass is 299 g/mol. The lowest BCUT2D eigenvalue weighted by atomic mass is 9.98. The van der Waals surface area contributed by atoms with Crippen molar-refractivity contribution in [1.82, 2.24) is 4.98 Å². The summed E-state index contributed by atoms with van der Waals surface area (Å²) in [5.74, 6) is -1.79. The molecule has 2 aromatic rings. The predicted octanol–water partition coefficient (Wildman–Crippen LogP) is 3.69. The lowest BCUT2D eigenvalue weighted by Crippen LogP contribution is -2.11. The van der Waals surface area contributed by atoms with E-state index in [1.165, 1.54) is 12.1 Å². The van der Waals surface area contributed by atoms with Gasteiger partial charge in [-0.15, -0.1) is 0 Å². The van der Waals surface area contributed by atoms with Gasteiger partial charge in [0.15, 0.2) is 5.69 Å². The Morgan fingerprint density at radius 1 is 1.19 bits per heavy atom. The maximum absolute atomic E-state index is 13.3. The van der Waals surface area contributed by atoms with Crippen molar-refractivity contribution in [3.63, 3.8) is 0 Å². The third-order valence-electron chi connectivity index (χ3n) is 2.76. The maximum Gasteiger partial charge on any atom is 0.417 e. The van der Waals surface area contributed by atoms with Crippen LogP contribution in [0.1, 0.15) is 16.1 Å². The van der Waals surface area contributed by atoms with Gasteiger partial charge in [-0.1, -0.05) is 18.2 Å². The first kappa shape index (κ1) is 15.0. The molecule has 0 N–H and O–H groups in total. The van der Waals surface area contributed by atoms with Gasteiger partial charge >= 0.3 is 12.1 Å². The predicted molar refractivity (Wildman–Crippen MR) is 66.0 cm³/mol. The summed E-state index contributed by atoms with van der Waals surface area (Å²) >= 11 is 0. The second-order valence-corrected chi connectivity index (χ2v) is 4.08. The molecule has 110 valence electrons. The lowest BCUT2D eigenvalue weighted by molar-refractivity contribution is -0.137. The summed E-state index contributed by atoms with van der Waals surface area (Å²) in [6, 6.07) is 5.38. The molecule has 0 spiro atoms. The topological polar surface area (TPSA) is 39.2 Å². The molecule has 21 heavy (non-hydrogen) atoms. The minimum absolute atomic E-state index is 0.269. The first-order chi connectivity index (χ1) is 9.84. The Balaban J connectivity index is 2.73. The summed E-state index contributed by atoms with van der Waals surface area (Å²) < 4.78 is 56.8. The summed E-state index contributed by atoms with van der Waals surface area (Å²) in [5.41, 5.74) is -1.97. The number of alkyl halides is 3. The summed E-state index contributed by atoms with van der Waals surface area (Å²) in [5, 5.41) is 0. The largest absolute Gasteiger partial charge is 0.464 e. The van der Waals surface area contributed by atoms with Crippen molar-refractivity contribution in [2.24, 2.45) is 0 Å². The second-order valence-electron chi connectivity index (χ2n) is 4.08. The van der Waals surface area contributed by atoms with Crippen molar-refractivity contribution in [2.75, 3.05) is 7.11 Å². The molecule has 0 saturated heterocycles. The van der Waals surface area contributed by atoms with Gasteiger partial charge in [-0.2, -0.15) is 13.2 Å². The van der Waals surface area contributed by atoms with Crippen LogP contribution in [0.15, 0.2) is 36.5 Å². The highest BCUT2D eigenvalue weighted by molar-refractivity contribution is 5.95. The summed E-state index contributed by atoms with van der Waals surface area (Å²) in [7, 11) is 1.06. The van der Waals surface area contributed by atoms with Gasteiger partial charge in [0.1, 0.15) is 5.82 Å². The Bertz CT molecular complexity index is 683. The molecular formula is C14H9F4NO2. The van der Waals surface area contributed by atoms with E-state index in [0.717, 1.165) is 31.5 Å². The van der Waals surface area contributed by atoms with Gasteiger partial charge in [-0.25, -0.2) is 14.2 Å². The Morgan fingerprint density at radius 3 is 2.48 bits per heavy atom. The van der Waals surface area contributed by atoms with Crippen LogP contribution in [-0.4, -0.2) is 18.1 Å². The molecule has 3 nitrogen and oxygen atoms in total. The molecular weight excluding hydrogens is 290 g/mol. The number of halogens is 4. The standard InChI is InChI=1S/C14H9F4NO2/c1-21-13(20)12-10(6-8(15)7-19-12)9-4-2-3-5-11(9)14(16,17)18/h2-7H,1H3. The Kier molecular flexibility index (Phi) is 3.93. The molecule has 7 heteroatoms. The zero-order valence-corrected chi connectivity index (χ0v) is 10.7. The Hall–Kier alpha value is -2.44. The van der Waals surface area contributed by atoms with E-state index in [2.05, 4.69) is 9.72 Å². The molecule has 0 amide bonds. The first-order valence-corrected chi connectivity index (χ1v) is 5.75. The normalized spacial score (nSPS) is 11.3. The second kappa shape index (κ2) is 5.51. The van der Waals surface area contributed by atoms with Crippen LogP contribution in [0.25, 0.3) is 11.1 Å². The number of benzene rings is 1. The summed E-state index contributed by atoms with van der Waals surface area (Å²) in [4.78, 5) is 15.1. The summed E-state index contributed by atoms with van der Waals surface area (Å²) in [6.45, 7) is 0. The molecule has 0 radical (unpaired) electrons. The number of esters is 1. The molecule has 2 rings (SSSR count).